The van der Waals surface area contributed by atoms with Gasteiger partial charge in [-0.3, -0.25) is 14.6 Å². The van der Waals surface area contributed by atoms with E-state index in [1.54, 1.807) is 50.9 Å². The lowest BCUT2D eigenvalue weighted by Crippen LogP contribution is -2.36. The molecule has 168 valence electrons. The van der Waals surface area contributed by atoms with Gasteiger partial charge in [-0.25, -0.2) is 0 Å². The summed E-state index contributed by atoms with van der Waals surface area (Å²) in [6.07, 6.45) is 3.58. The van der Waals surface area contributed by atoms with Crippen LogP contribution in [-0.4, -0.2) is 59.8 Å². The van der Waals surface area contributed by atoms with Crippen LogP contribution in [0.2, 0.25) is 0 Å². The Balaban J connectivity index is 1.70. The van der Waals surface area contributed by atoms with Gasteiger partial charge in [-0.2, -0.15) is 4.98 Å². The molecule has 10 nitrogen and oxygen atoms in total. The topological polar surface area (TPSA) is 117 Å². The maximum absolute atomic E-state index is 12.9. The number of esters is 1. The van der Waals surface area contributed by atoms with Gasteiger partial charge in [-0.1, -0.05) is 5.16 Å². The highest BCUT2D eigenvalue weighted by molar-refractivity contribution is 5.82. The van der Waals surface area contributed by atoms with Gasteiger partial charge in [0.15, 0.2) is 0 Å². The van der Waals surface area contributed by atoms with E-state index >= 15 is 0 Å². The molecule has 0 radical (unpaired) electrons. The summed E-state index contributed by atoms with van der Waals surface area (Å²) >= 11 is 0. The van der Waals surface area contributed by atoms with Crippen LogP contribution in [-0.2, 0) is 27.3 Å². The summed E-state index contributed by atoms with van der Waals surface area (Å²) in [5.41, 5.74) is 1.46. The summed E-state index contributed by atoms with van der Waals surface area (Å²) in [5, 5.41) is 3.92. The van der Waals surface area contributed by atoms with Crippen molar-refractivity contribution in [2.45, 2.75) is 19.4 Å². The third-order valence-electron chi connectivity index (χ3n) is 4.63. The molecule has 0 atom stereocenters. The fourth-order valence-electron chi connectivity index (χ4n) is 2.97. The Morgan fingerprint density at radius 1 is 1.09 bits per heavy atom. The summed E-state index contributed by atoms with van der Waals surface area (Å²) in [4.78, 5) is 34.5. The molecule has 0 spiro atoms. The lowest BCUT2D eigenvalue weighted by Gasteiger charge is -2.22. The van der Waals surface area contributed by atoms with Crippen LogP contribution in [0.25, 0.3) is 11.4 Å². The standard InChI is InChI=1S/C22H24N4O6/c1-29-17-9-15(10-18(11-17)30-2)13-26(14-21(28)31-3)20(27)7-6-19-24-22(25-32-19)16-5-4-8-23-12-16/h4-5,8-12H,6-7,13-14H2,1-3H3. The van der Waals surface area contributed by atoms with Gasteiger partial charge in [0.1, 0.15) is 18.0 Å². The molecule has 0 saturated carbocycles. The quantitative estimate of drug-likeness (QED) is 0.438. The lowest BCUT2D eigenvalue weighted by atomic mass is 10.1. The Morgan fingerprint density at radius 2 is 1.84 bits per heavy atom. The minimum atomic E-state index is -0.523. The number of aryl methyl sites for hydroxylation is 1. The van der Waals surface area contributed by atoms with Gasteiger partial charge in [0.25, 0.3) is 0 Å². The molecule has 2 heterocycles. The molecule has 0 N–H and O–H groups in total. The van der Waals surface area contributed by atoms with E-state index in [1.807, 2.05) is 6.07 Å². The van der Waals surface area contributed by atoms with Crippen molar-refractivity contribution >= 4 is 11.9 Å². The van der Waals surface area contributed by atoms with Crippen LogP contribution >= 0.6 is 0 Å². The molecule has 0 aliphatic carbocycles. The summed E-state index contributed by atoms with van der Waals surface area (Å²) in [5.74, 6) is 1.09. The van der Waals surface area contributed by atoms with Crippen molar-refractivity contribution in [3.05, 3.63) is 54.2 Å². The molecule has 0 aliphatic rings. The van der Waals surface area contributed by atoms with E-state index in [0.29, 0.717) is 28.8 Å². The van der Waals surface area contributed by atoms with E-state index in [1.165, 1.54) is 12.0 Å². The molecule has 3 rings (SSSR count). The van der Waals surface area contributed by atoms with E-state index in [-0.39, 0.29) is 31.8 Å². The highest BCUT2D eigenvalue weighted by Crippen LogP contribution is 2.24. The maximum atomic E-state index is 12.9. The predicted molar refractivity (Wildman–Crippen MR) is 113 cm³/mol. The number of hydrogen-bond acceptors (Lipinski definition) is 9. The molecule has 32 heavy (non-hydrogen) atoms. The van der Waals surface area contributed by atoms with E-state index in [9.17, 15) is 9.59 Å². The van der Waals surface area contributed by atoms with Crippen LogP contribution in [0.15, 0.2) is 47.2 Å². The molecular formula is C22H24N4O6. The van der Waals surface area contributed by atoms with Crippen molar-refractivity contribution in [2.24, 2.45) is 0 Å². The summed E-state index contributed by atoms with van der Waals surface area (Å²) < 4.78 is 20.5. The maximum Gasteiger partial charge on any atom is 0.325 e. The average molecular weight is 440 g/mol. The second kappa shape index (κ2) is 10.9. The summed E-state index contributed by atoms with van der Waals surface area (Å²) in [6, 6.07) is 8.86. The highest BCUT2D eigenvalue weighted by atomic mass is 16.5. The van der Waals surface area contributed by atoms with Crippen molar-refractivity contribution in [3.8, 4) is 22.9 Å². The first-order valence-corrected chi connectivity index (χ1v) is 9.82. The number of aromatic nitrogens is 3. The fraction of sp³-hybridized carbons (Fsp3) is 0.318. The smallest absolute Gasteiger partial charge is 0.325 e. The molecule has 10 heteroatoms. The Bertz CT molecular complexity index is 1030. The minimum Gasteiger partial charge on any atom is -0.497 e. The van der Waals surface area contributed by atoms with Crippen LogP contribution in [0.3, 0.4) is 0 Å². The molecule has 2 aromatic heterocycles. The number of hydrogen-bond donors (Lipinski definition) is 0. The van der Waals surface area contributed by atoms with Crippen molar-refractivity contribution in [2.75, 3.05) is 27.9 Å². The molecule has 0 unspecified atom stereocenters. The second-order valence-corrected chi connectivity index (χ2v) is 6.80. The van der Waals surface area contributed by atoms with E-state index in [2.05, 4.69) is 15.1 Å². The van der Waals surface area contributed by atoms with Gasteiger partial charge in [-0.05, 0) is 29.8 Å². The second-order valence-electron chi connectivity index (χ2n) is 6.80. The number of rotatable bonds is 10. The zero-order valence-corrected chi connectivity index (χ0v) is 18.1. The van der Waals surface area contributed by atoms with Gasteiger partial charge < -0.3 is 23.6 Å². The predicted octanol–water partition coefficient (Wildman–Crippen LogP) is 2.28. The number of carbonyl (C=O) groups excluding carboxylic acids is 2. The third-order valence-corrected chi connectivity index (χ3v) is 4.63. The number of ether oxygens (including phenoxy) is 3. The number of benzene rings is 1. The first-order valence-electron chi connectivity index (χ1n) is 9.82. The fourth-order valence-corrected chi connectivity index (χ4v) is 2.97. The molecule has 0 aliphatic heterocycles. The largest absolute Gasteiger partial charge is 0.497 e. The average Bonchev–Trinajstić information content (AvgIpc) is 3.31. The van der Waals surface area contributed by atoms with E-state index in [4.69, 9.17) is 18.7 Å². The van der Waals surface area contributed by atoms with Crippen LogP contribution in [0, 0.1) is 0 Å². The van der Waals surface area contributed by atoms with Crippen LogP contribution < -0.4 is 9.47 Å². The van der Waals surface area contributed by atoms with Crippen molar-refractivity contribution in [3.63, 3.8) is 0 Å². The number of nitrogens with zero attached hydrogens (tertiary/aromatic N) is 4. The number of methoxy groups -OCH3 is 3. The summed E-state index contributed by atoms with van der Waals surface area (Å²) in [6.45, 7) is -0.0219. The van der Waals surface area contributed by atoms with Gasteiger partial charge >= 0.3 is 5.97 Å². The first-order chi connectivity index (χ1) is 15.5. The molecule has 0 saturated heterocycles. The number of pyridine rings is 1. The van der Waals surface area contributed by atoms with E-state index < -0.39 is 5.97 Å². The number of carbonyl (C=O) groups is 2. The van der Waals surface area contributed by atoms with Gasteiger partial charge in [0.2, 0.25) is 17.6 Å². The van der Waals surface area contributed by atoms with Crippen LogP contribution in [0.5, 0.6) is 11.5 Å². The molecule has 0 fully saturated rings. The normalized spacial score (nSPS) is 10.5. The summed E-state index contributed by atoms with van der Waals surface area (Å²) in [7, 11) is 4.36. The Labute approximate surface area is 185 Å². The molecule has 1 aromatic carbocycles. The highest BCUT2D eigenvalue weighted by Gasteiger charge is 2.20. The number of amides is 1. The Kier molecular flexibility index (Phi) is 7.74. The SMILES string of the molecule is COC(=O)CN(Cc1cc(OC)cc(OC)c1)C(=O)CCc1nc(-c2cccnc2)no1. The third kappa shape index (κ3) is 6.03. The lowest BCUT2D eigenvalue weighted by molar-refractivity contribution is -0.147. The first kappa shape index (κ1) is 22.7. The molecule has 0 bridgehead atoms. The molecule has 3 aromatic rings. The zero-order chi connectivity index (χ0) is 22.9. The van der Waals surface area contributed by atoms with Gasteiger partial charge in [-0.15, -0.1) is 0 Å². The van der Waals surface area contributed by atoms with Crippen molar-refractivity contribution < 1.29 is 28.3 Å². The monoisotopic (exact) mass is 440 g/mol. The van der Waals surface area contributed by atoms with Crippen LogP contribution in [0.4, 0.5) is 0 Å². The van der Waals surface area contributed by atoms with Crippen LogP contribution in [0.1, 0.15) is 17.9 Å². The van der Waals surface area contributed by atoms with Gasteiger partial charge in [0.05, 0.1) is 21.3 Å². The Hall–Kier alpha value is -3.95. The molecule has 1 amide bonds. The van der Waals surface area contributed by atoms with Gasteiger partial charge in [0, 0.05) is 43.4 Å². The van der Waals surface area contributed by atoms with E-state index in [0.717, 1.165) is 5.56 Å². The van der Waals surface area contributed by atoms with Crippen molar-refractivity contribution in [1.82, 2.24) is 20.0 Å². The zero-order valence-electron chi connectivity index (χ0n) is 18.1. The Morgan fingerprint density at radius 3 is 2.47 bits per heavy atom. The van der Waals surface area contributed by atoms with Crippen molar-refractivity contribution in [1.29, 1.82) is 0 Å². The minimum absolute atomic E-state index is 0.0762. The molecular weight excluding hydrogens is 416 g/mol.